The van der Waals surface area contributed by atoms with E-state index in [0.29, 0.717) is 16.3 Å². The summed E-state index contributed by atoms with van der Waals surface area (Å²) in [6, 6.07) is 17.9. The van der Waals surface area contributed by atoms with Crippen molar-refractivity contribution in [2.45, 2.75) is 13.0 Å². The Morgan fingerprint density at radius 3 is 2.57 bits per heavy atom. The molecule has 0 aliphatic rings. The van der Waals surface area contributed by atoms with Crippen molar-refractivity contribution in [1.29, 1.82) is 0 Å². The molecule has 2 aromatic carbocycles. The Kier molecular flexibility index (Phi) is 6.63. The number of benzene rings is 2. The molecule has 0 aliphatic carbocycles. The molecule has 0 fully saturated rings. The number of thiophene rings is 1. The number of esters is 1. The van der Waals surface area contributed by atoms with E-state index >= 15 is 0 Å². The molecule has 142 valence electrons. The highest BCUT2D eigenvalue weighted by molar-refractivity contribution is 7.10. The van der Waals surface area contributed by atoms with Crippen molar-refractivity contribution in [1.82, 2.24) is 0 Å². The fourth-order valence-corrected chi connectivity index (χ4v) is 3.27. The van der Waals surface area contributed by atoms with Gasteiger partial charge in [-0.05, 0) is 42.1 Å². The minimum Gasteiger partial charge on any atom is -0.444 e. The third kappa shape index (κ3) is 5.31. The second-order valence-electron chi connectivity index (χ2n) is 6.03. The van der Waals surface area contributed by atoms with E-state index < -0.39 is 18.0 Å². The van der Waals surface area contributed by atoms with E-state index in [-0.39, 0.29) is 0 Å². The van der Waals surface area contributed by atoms with Crippen LogP contribution >= 0.6 is 22.9 Å². The highest BCUT2D eigenvalue weighted by Gasteiger charge is 2.24. The van der Waals surface area contributed by atoms with Crippen molar-refractivity contribution >= 4 is 46.6 Å². The molecule has 6 heteroatoms. The zero-order valence-corrected chi connectivity index (χ0v) is 16.7. The summed E-state index contributed by atoms with van der Waals surface area (Å²) in [4.78, 5) is 26.0. The van der Waals surface area contributed by atoms with E-state index in [9.17, 15) is 9.59 Å². The molecular formula is C22H18ClNO3S. The first-order valence-corrected chi connectivity index (χ1v) is 9.83. The monoisotopic (exact) mass is 411 g/mol. The fourth-order valence-electron chi connectivity index (χ4n) is 2.47. The summed E-state index contributed by atoms with van der Waals surface area (Å²) >= 11 is 7.63. The molecule has 0 aliphatic heterocycles. The molecule has 0 saturated heterocycles. The van der Waals surface area contributed by atoms with Crippen LogP contribution in [0.25, 0.3) is 6.08 Å². The number of amides is 1. The number of aryl methyl sites for hydroxylation is 1. The van der Waals surface area contributed by atoms with Crippen LogP contribution in [0.4, 0.5) is 5.69 Å². The Hall–Kier alpha value is -2.89. The lowest BCUT2D eigenvalue weighted by atomic mass is 10.1. The molecule has 4 nitrogen and oxygen atoms in total. The van der Waals surface area contributed by atoms with Crippen LogP contribution in [-0.2, 0) is 14.3 Å². The van der Waals surface area contributed by atoms with Crippen molar-refractivity contribution in [3.8, 4) is 0 Å². The van der Waals surface area contributed by atoms with Crippen molar-refractivity contribution in [2.75, 3.05) is 5.32 Å². The van der Waals surface area contributed by atoms with Gasteiger partial charge in [0.05, 0.1) is 0 Å². The van der Waals surface area contributed by atoms with E-state index in [4.69, 9.17) is 16.3 Å². The number of rotatable bonds is 6. The quantitative estimate of drug-likeness (QED) is 0.421. The molecule has 1 heterocycles. The number of ether oxygens (including phenoxy) is 1. The highest BCUT2D eigenvalue weighted by atomic mass is 35.5. The molecule has 1 N–H and O–H groups in total. The van der Waals surface area contributed by atoms with Gasteiger partial charge in [0.1, 0.15) is 0 Å². The molecule has 1 unspecified atom stereocenters. The first-order valence-electron chi connectivity index (χ1n) is 8.57. The normalized spacial score (nSPS) is 11.9. The average molecular weight is 412 g/mol. The summed E-state index contributed by atoms with van der Waals surface area (Å²) in [6.07, 6.45) is 1.89. The van der Waals surface area contributed by atoms with E-state index in [0.717, 1.165) is 10.4 Å². The van der Waals surface area contributed by atoms with Crippen LogP contribution in [0.3, 0.4) is 0 Å². The Morgan fingerprint density at radius 2 is 1.89 bits per heavy atom. The van der Waals surface area contributed by atoms with Crippen LogP contribution < -0.4 is 5.32 Å². The second kappa shape index (κ2) is 9.35. The topological polar surface area (TPSA) is 55.4 Å². The Labute approximate surface area is 172 Å². The molecule has 1 atom stereocenters. The van der Waals surface area contributed by atoms with Gasteiger partial charge in [0, 0.05) is 27.2 Å². The maximum absolute atomic E-state index is 12.8. The van der Waals surface area contributed by atoms with E-state index in [2.05, 4.69) is 5.32 Å². The number of carbonyl (C=O) groups excluding carboxylic acids is 2. The fraction of sp³-hybridized carbons (Fsp3) is 0.0909. The predicted octanol–water partition coefficient (Wildman–Crippen LogP) is 5.65. The van der Waals surface area contributed by atoms with Crippen LogP contribution in [0.15, 0.2) is 72.1 Å². The molecule has 0 spiro atoms. The van der Waals surface area contributed by atoms with E-state index in [1.807, 2.05) is 36.6 Å². The second-order valence-corrected chi connectivity index (χ2v) is 7.42. The zero-order valence-electron chi connectivity index (χ0n) is 15.1. The summed E-state index contributed by atoms with van der Waals surface area (Å²) < 4.78 is 5.46. The van der Waals surface area contributed by atoms with Crippen LogP contribution in [0.5, 0.6) is 0 Å². The van der Waals surface area contributed by atoms with Crippen molar-refractivity contribution < 1.29 is 14.3 Å². The highest BCUT2D eigenvalue weighted by Crippen LogP contribution is 2.24. The van der Waals surface area contributed by atoms with Crippen LogP contribution in [0.1, 0.15) is 22.1 Å². The van der Waals surface area contributed by atoms with Gasteiger partial charge in [0.25, 0.3) is 5.91 Å². The maximum Gasteiger partial charge on any atom is 0.331 e. The van der Waals surface area contributed by atoms with Gasteiger partial charge < -0.3 is 10.1 Å². The van der Waals surface area contributed by atoms with Gasteiger partial charge in [-0.15, -0.1) is 11.3 Å². The SMILES string of the molecule is Cc1ccc(NC(=O)C(OC(=O)C=Cc2cccs2)c2ccccc2)cc1Cl. The minimum absolute atomic E-state index is 0.455. The average Bonchev–Trinajstić information content (AvgIpc) is 3.21. The molecule has 1 amide bonds. The minimum atomic E-state index is -1.08. The van der Waals surface area contributed by atoms with Gasteiger partial charge in [0.15, 0.2) is 0 Å². The number of anilines is 1. The summed E-state index contributed by atoms with van der Waals surface area (Å²) in [5.74, 6) is -1.05. The number of halogens is 1. The Morgan fingerprint density at radius 1 is 1.11 bits per heavy atom. The summed E-state index contributed by atoms with van der Waals surface area (Å²) in [5, 5.41) is 5.22. The third-order valence-electron chi connectivity index (χ3n) is 3.94. The van der Waals surface area contributed by atoms with Gasteiger partial charge >= 0.3 is 5.97 Å². The zero-order chi connectivity index (χ0) is 19.9. The molecule has 0 bridgehead atoms. The number of carbonyl (C=O) groups is 2. The molecule has 0 radical (unpaired) electrons. The lowest BCUT2D eigenvalue weighted by Gasteiger charge is -2.17. The maximum atomic E-state index is 12.8. The van der Waals surface area contributed by atoms with Crippen LogP contribution in [-0.4, -0.2) is 11.9 Å². The van der Waals surface area contributed by atoms with Crippen LogP contribution in [0, 0.1) is 6.92 Å². The molecule has 1 aromatic heterocycles. The lowest BCUT2D eigenvalue weighted by Crippen LogP contribution is -2.25. The third-order valence-corrected chi connectivity index (χ3v) is 5.19. The molecular weight excluding hydrogens is 394 g/mol. The molecule has 0 saturated carbocycles. The van der Waals surface area contributed by atoms with Gasteiger partial charge in [-0.2, -0.15) is 0 Å². The summed E-state index contributed by atoms with van der Waals surface area (Å²) in [5.41, 5.74) is 2.02. The van der Waals surface area contributed by atoms with Crippen LogP contribution in [0.2, 0.25) is 5.02 Å². The van der Waals surface area contributed by atoms with Gasteiger partial charge in [-0.3, -0.25) is 4.79 Å². The van der Waals surface area contributed by atoms with Gasteiger partial charge in [-0.1, -0.05) is 54.1 Å². The summed E-state index contributed by atoms with van der Waals surface area (Å²) in [6.45, 7) is 1.88. The first-order chi connectivity index (χ1) is 13.5. The van der Waals surface area contributed by atoms with Gasteiger partial charge in [-0.25, -0.2) is 4.79 Å². The standard InChI is InChI=1S/C22H18ClNO3S/c1-15-9-10-17(14-19(15)23)24-22(26)21(16-6-3-2-4-7-16)27-20(25)12-11-18-8-5-13-28-18/h2-14,21H,1H3,(H,24,26). The molecule has 3 aromatic rings. The van der Waals surface area contributed by atoms with Crippen molar-refractivity contribution in [2.24, 2.45) is 0 Å². The van der Waals surface area contributed by atoms with E-state index in [1.165, 1.54) is 17.4 Å². The number of hydrogen-bond donors (Lipinski definition) is 1. The largest absolute Gasteiger partial charge is 0.444 e. The van der Waals surface area contributed by atoms with Crippen molar-refractivity contribution in [3.05, 3.63) is 93.1 Å². The van der Waals surface area contributed by atoms with Gasteiger partial charge in [0.2, 0.25) is 6.10 Å². The van der Waals surface area contributed by atoms with E-state index in [1.54, 1.807) is 42.5 Å². The lowest BCUT2D eigenvalue weighted by molar-refractivity contribution is -0.149. The number of nitrogens with one attached hydrogen (secondary N) is 1. The Balaban J connectivity index is 1.77. The first kappa shape index (κ1) is 19.9. The molecule has 3 rings (SSSR count). The summed E-state index contributed by atoms with van der Waals surface area (Å²) in [7, 11) is 0. The predicted molar refractivity (Wildman–Crippen MR) is 113 cm³/mol. The van der Waals surface area contributed by atoms with Crippen molar-refractivity contribution in [3.63, 3.8) is 0 Å². The number of hydrogen-bond acceptors (Lipinski definition) is 4. The Bertz CT molecular complexity index is 984. The smallest absolute Gasteiger partial charge is 0.331 e. The molecule has 28 heavy (non-hydrogen) atoms.